The molecule has 2 atom stereocenters. The highest BCUT2D eigenvalue weighted by Crippen LogP contribution is 2.56. The minimum absolute atomic E-state index is 0.119. The van der Waals surface area contributed by atoms with Crippen LogP contribution >= 0.6 is 0 Å². The van der Waals surface area contributed by atoms with Crippen molar-refractivity contribution in [1.82, 2.24) is 0 Å². The Bertz CT molecular complexity index is 1270. The zero-order valence-corrected chi connectivity index (χ0v) is 17.5. The van der Waals surface area contributed by atoms with E-state index >= 15 is 0 Å². The quantitative estimate of drug-likeness (QED) is 0.761. The summed E-state index contributed by atoms with van der Waals surface area (Å²) < 4.78 is 5.82. The van der Waals surface area contributed by atoms with E-state index < -0.39 is 18.1 Å². The predicted octanol–water partition coefficient (Wildman–Crippen LogP) is 2.65. The van der Waals surface area contributed by atoms with Gasteiger partial charge in [0, 0.05) is 18.4 Å². The maximum Gasteiger partial charge on any atom is 0.249 e. The Kier molecular flexibility index (Phi) is 4.43. The first-order valence-corrected chi connectivity index (χ1v) is 10.4. The van der Waals surface area contributed by atoms with Crippen LogP contribution in [0.5, 0.6) is 0 Å². The van der Waals surface area contributed by atoms with E-state index in [1.54, 1.807) is 24.3 Å². The number of aliphatic hydroxyl groups excluding tert-OH is 1. The summed E-state index contributed by atoms with van der Waals surface area (Å²) in [5.41, 5.74) is 7.51. The number of aliphatic hydroxyl groups is 1. The van der Waals surface area contributed by atoms with Gasteiger partial charge in [-0.15, -0.1) is 0 Å². The molecule has 2 aliphatic heterocycles. The highest BCUT2D eigenvalue weighted by Gasteiger charge is 2.62. The average molecular weight is 427 g/mol. The van der Waals surface area contributed by atoms with E-state index in [1.807, 2.05) is 37.3 Å². The Hall–Kier alpha value is -3.89. The Morgan fingerprint density at radius 3 is 2.59 bits per heavy atom. The molecule has 3 aliphatic rings. The number of hydrogen-bond donors (Lipinski definition) is 2. The molecular weight excluding hydrogens is 406 g/mol. The van der Waals surface area contributed by atoms with E-state index in [-0.39, 0.29) is 35.2 Å². The number of carbonyl (C=O) groups is 2. The van der Waals surface area contributed by atoms with Crippen molar-refractivity contribution in [3.05, 3.63) is 88.0 Å². The Morgan fingerprint density at radius 2 is 1.91 bits per heavy atom. The molecule has 3 N–H and O–H groups in total. The van der Waals surface area contributed by atoms with Crippen LogP contribution in [0.3, 0.4) is 0 Å². The molecule has 2 aromatic carbocycles. The van der Waals surface area contributed by atoms with Crippen molar-refractivity contribution in [3.8, 4) is 6.07 Å². The van der Waals surface area contributed by atoms with Gasteiger partial charge in [-0.05, 0) is 24.5 Å². The van der Waals surface area contributed by atoms with Gasteiger partial charge in [0.2, 0.25) is 11.8 Å². The van der Waals surface area contributed by atoms with Crippen molar-refractivity contribution >= 4 is 17.4 Å². The highest BCUT2D eigenvalue weighted by atomic mass is 16.5. The Balaban J connectivity index is 1.73. The van der Waals surface area contributed by atoms with Gasteiger partial charge in [-0.1, -0.05) is 48.0 Å². The van der Waals surface area contributed by atoms with Gasteiger partial charge in [0.15, 0.2) is 5.78 Å². The number of ketones is 1. The summed E-state index contributed by atoms with van der Waals surface area (Å²) in [6, 6.07) is 16.8. The number of hydrogen-bond acceptors (Lipinski definition) is 6. The molecular formula is C25H21N3O4. The van der Waals surface area contributed by atoms with Crippen molar-refractivity contribution in [1.29, 1.82) is 5.26 Å². The van der Waals surface area contributed by atoms with Crippen molar-refractivity contribution in [3.63, 3.8) is 0 Å². The molecule has 0 saturated heterocycles. The minimum atomic E-state index is -1.71. The van der Waals surface area contributed by atoms with Crippen LogP contribution in [0.15, 0.2) is 71.3 Å². The maximum absolute atomic E-state index is 13.8. The van der Waals surface area contributed by atoms with E-state index in [9.17, 15) is 20.0 Å². The van der Waals surface area contributed by atoms with Crippen LogP contribution in [0.2, 0.25) is 0 Å². The van der Waals surface area contributed by atoms with Gasteiger partial charge in [-0.3, -0.25) is 14.5 Å². The summed E-state index contributed by atoms with van der Waals surface area (Å²) in [5.74, 6) is -0.840. The third kappa shape index (κ3) is 2.50. The normalized spacial score (nSPS) is 24.4. The number of nitrogens with zero attached hydrogens (tertiary/aromatic N) is 2. The monoisotopic (exact) mass is 427 g/mol. The molecule has 160 valence electrons. The molecule has 2 aromatic rings. The van der Waals surface area contributed by atoms with E-state index in [1.165, 1.54) is 4.90 Å². The number of benzene rings is 2. The zero-order valence-electron chi connectivity index (χ0n) is 17.5. The molecule has 5 rings (SSSR count). The second kappa shape index (κ2) is 7.08. The van der Waals surface area contributed by atoms with Gasteiger partial charge < -0.3 is 15.6 Å². The average Bonchev–Trinajstić information content (AvgIpc) is 3.02. The molecule has 0 fully saturated rings. The predicted molar refractivity (Wildman–Crippen MR) is 116 cm³/mol. The summed E-state index contributed by atoms with van der Waals surface area (Å²) in [6.07, 6.45) is 0.556. The first kappa shape index (κ1) is 20.0. The van der Waals surface area contributed by atoms with E-state index in [4.69, 9.17) is 10.5 Å². The van der Waals surface area contributed by atoms with Crippen molar-refractivity contribution in [2.75, 3.05) is 11.6 Å². The Labute approximate surface area is 185 Å². The summed E-state index contributed by atoms with van der Waals surface area (Å²) >= 11 is 0. The van der Waals surface area contributed by atoms with E-state index in [0.29, 0.717) is 23.4 Å². The van der Waals surface area contributed by atoms with Crippen LogP contribution in [0.25, 0.3) is 0 Å². The maximum atomic E-state index is 13.8. The van der Waals surface area contributed by atoms with Crippen LogP contribution in [0, 0.1) is 18.3 Å². The third-order valence-corrected chi connectivity index (χ3v) is 6.62. The molecule has 32 heavy (non-hydrogen) atoms. The SMILES string of the molecule is Cc1ccc([C@H]2CC(=O)C3=C(C2)OC(N)=C(C#N)[C@]32C(=O)N(CO)c3ccccc32)cc1. The fourth-order valence-electron chi connectivity index (χ4n) is 5.17. The number of para-hydroxylation sites is 1. The fourth-order valence-corrected chi connectivity index (χ4v) is 5.17. The number of carbonyl (C=O) groups excluding carboxylic acids is 2. The summed E-state index contributed by atoms with van der Waals surface area (Å²) in [6.45, 7) is 1.41. The van der Waals surface area contributed by atoms with Crippen LogP contribution in [0.1, 0.15) is 35.4 Å². The Morgan fingerprint density at radius 1 is 1.19 bits per heavy atom. The molecule has 0 aromatic heterocycles. The largest absolute Gasteiger partial charge is 0.444 e. The molecule has 7 heteroatoms. The zero-order chi connectivity index (χ0) is 22.6. The van der Waals surface area contributed by atoms with Crippen LogP contribution < -0.4 is 10.6 Å². The van der Waals surface area contributed by atoms with Gasteiger partial charge in [-0.2, -0.15) is 5.26 Å². The van der Waals surface area contributed by atoms with Gasteiger partial charge in [-0.25, -0.2) is 0 Å². The molecule has 0 unspecified atom stereocenters. The number of nitrogens with two attached hydrogens (primary N) is 1. The van der Waals surface area contributed by atoms with Crippen LogP contribution in [0.4, 0.5) is 5.69 Å². The third-order valence-electron chi connectivity index (χ3n) is 6.62. The molecule has 1 aliphatic carbocycles. The number of aryl methyl sites for hydroxylation is 1. The first-order valence-electron chi connectivity index (χ1n) is 10.4. The molecule has 2 heterocycles. The molecule has 1 spiro atoms. The molecule has 1 amide bonds. The lowest BCUT2D eigenvalue weighted by Crippen LogP contribution is -2.49. The van der Waals surface area contributed by atoms with Gasteiger partial charge in [0.1, 0.15) is 29.5 Å². The van der Waals surface area contributed by atoms with Crippen LogP contribution in [-0.4, -0.2) is 23.5 Å². The smallest absolute Gasteiger partial charge is 0.249 e. The molecule has 0 saturated carbocycles. The topological polar surface area (TPSA) is 117 Å². The van der Waals surface area contributed by atoms with Gasteiger partial charge >= 0.3 is 0 Å². The minimum Gasteiger partial charge on any atom is -0.444 e. The molecule has 0 bridgehead atoms. The van der Waals surface area contributed by atoms with Crippen molar-refractivity contribution in [2.24, 2.45) is 5.73 Å². The van der Waals surface area contributed by atoms with Gasteiger partial charge in [0.25, 0.3) is 0 Å². The summed E-state index contributed by atoms with van der Waals surface area (Å²) in [4.78, 5) is 28.5. The van der Waals surface area contributed by atoms with E-state index in [2.05, 4.69) is 0 Å². The standard InChI is InChI=1S/C25H21N3O4/c1-14-6-8-15(9-7-14)16-10-20(30)22-21(11-16)32-23(27)18(12-26)25(22)17-4-2-3-5-19(17)28(13-29)24(25)31/h2-9,16,29H,10-11,13,27H2,1H3/t16-,25-/m0/s1. The van der Waals surface area contributed by atoms with Gasteiger partial charge in [0.05, 0.1) is 11.3 Å². The number of anilines is 1. The number of Topliss-reactive ketones (excluding diaryl/α,β-unsaturated/α-hetero) is 1. The summed E-state index contributed by atoms with van der Waals surface area (Å²) in [7, 11) is 0. The fraction of sp³-hybridized carbons (Fsp3) is 0.240. The number of fused-ring (bicyclic) bond motifs is 3. The lowest BCUT2D eigenvalue weighted by molar-refractivity contribution is -0.125. The lowest BCUT2D eigenvalue weighted by Gasteiger charge is -2.39. The second-order valence-corrected chi connectivity index (χ2v) is 8.33. The van der Waals surface area contributed by atoms with E-state index in [0.717, 1.165) is 11.1 Å². The lowest BCUT2D eigenvalue weighted by atomic mass is 9.63. The number of nitriles is 1. The van der Waals surface area contributed by atoms with Crippen molar-refractivity contribution < 1.29 is 19.4 Å². The number of ether oxygens (including phenoxy) is 1. The first-order chi connectivity index (χ1) is 15.4. The second-order valence-electron chi connectivity index (χ2n) is 8.33. The number of amides is 1. The number of rotatable bonds is 2. The highest BCUT2D eigenvalue weighted by molar-refractivity contribution is 6.20. The van der Waals surface area contributed by atoms with Crippen molar-refractivity contribution in [2.45, 2.75) is 31.1 Å². The molecule has 7 nitrogen and oxygen atoms in total. The summed E-state index contributed by atoms with van der Waals surface area (Å²) in [5, 5.41) is 19.9. The molecule has 0 radical (unpaired) electrons. The van der Waals surface area contributed by atoms with Crippen LogP contribution in [-0.2, 0) is 19.7 Å². The number of allylic oxidation sites excluding steroid dienone is 1.